The predicted octanol–water partition coefficient (Wildman–Crippen LogP) is 1.59. The van der Waals surface area contributed by atoms with Crippen molar-refractivity contribution >= 4 is 17.7 Å². The van der Waals surface area contributed by atoms with Gasteiger partial charge in [0, 0.05) is 11.8 Å². The Balaban J connectivity index is 2.82. The van der Waals surface area contributed by atoms with Gasteiger partial charge < -0.3 is 4.74 Å². The van der Waals surface area contributed by atoms with Gasteiger partial charge in [0.25, 0.3) is 0 Å². The highest BCUT2D eigenvalue weighted by Gasteiger charge is 2.45. The van der Waals surface area contributed by atoms with Crippen molar-refractivity contribution in [3.05, 3.63) is 12.7 Å². The van der Waals surface area contributed by atoms with Crippen molar-refractivity contribution in [3.63, 3.8) is 0 Å². The van der Waals surface area contributed by atoms with Crippen LogP contribution >= 0.6 is 11.8 Å². The molecule has 1 heterocycles. The van der Waals surface area contributed by atoms with Gasteiger partial charge in [0.15, 0.2) is 0 Å². The smallest absolute Gasteiger partial charge is 0.327 e. The summed E-state index contributed by atoms with van der Waals surface area (Å²) in [6, 6.07) is 0. The van der Waals surface area contributed by atoms with Crippen LogP contribution in [-0.2, 0) is 9.53 Å². The second kappa shape index (κ2) is 5.56. The number of ether oxygens (including phenoxy) is 1. The van der Waals surface area contributed by atoms with Gasteiger partial charge in [-0.05, 0) is 18.6 Å². The maximum Gasteiger partial charge on any atom is 0.327 e. The Hall–Kier alpha value is -0.480. The molecule has 0 aromatic rings. The summed E-state index contributed by atoms with van der Waals surface area (Å²) in [5.41, 5.74) is -0.522. The molecule has 0 aliphatic carbocycles. The van der Waals surface area contributed by atoms with Crippen molar-refractivity contribution in [2.75, 3.05) is 19.4 Å². The molecule has 1 aliphatic rings. The molecule has 0 spiro atoms. The first-order chi connectivity index (χ1) is 7.17. The van der Waals surface area contributed by atoms with Crippen LogP contribution in [-0.4, -0.2) is 36.2 Å². The Morgan fingerprint density at radius 3 is 3.07 bits per heavy atom. The quantitative estimate of drug-likeness (QED) is 0.587. The van der Waals surface area contributed by atoms with Crippen molar-refractivity contribution in [3.8, 4) is 0 Å². The Morgan fingerprint density at radius 2 is 2.53 bits per heavy atom. The molecule has 0 aromatic heterocycles. The lowest BCUT2D eigenvalue weighted by Crippen LogP contribution is -2.60. The fraction of sp³-hybridized carbons (Fsp3) is 0.727. The molecule has 0 radical (unpaired) electrons. The lowest BCUT2D eigenvalue weighted by Gasteiger charge is -2.40. The molecular formula is C11H19NO2S. The number of rotatable bonds is 4. The number of carbonyl (C=O) groups excluding carboxylic acids is 1. The van der Waals surface area contributed by atoms with E-state index in [0.717, 1.165) is 18.6 Å². The summed E-state index contributed by atoms with van der Waals surface area (Å²) in [5.74, 6) is 0.972. The monoisotopic (exact) mass is 229 g/mol. The van der Waals surface area contributed by atoms with Gasteiger partial charge in [-0.2, -0.15) is 11.8 Å². The van der Waals surface area contributed by atoms with E-state index in [9.17, 15) is 4.79 Å². The summed E-state index contributed by atoms with van der Waals surface area (Å²) in [4.78, 5) is 11.9. The normalized spacial score (nSPS) is 30.9. The minimum atomic E-state index is -0.522. The third-order valence-corrected chi connectivity index (χ3v) is 4.32. The maximum absolute atomic E-state index is 11.9. The van der Waals surface area contributed by atoms with Crippen LogP contribution in [0.15, 0.2) is 12.7 Å². The van der Waals surface area contributed by atoms with Crippen LogP contribution in [0.5, 0.6) is 0 Å². The highest BCUT2D eigenvalue weighted by molar-refractivity contribution is 8.00. The summed E-state index contributed by atoms with van der Waals surface area (Å²) in [6.07, 6.45) is 3.67. The van der Waals surface area contributed by atoms with E-state index in [1.165, 1.54) is 7.11 Å². The van der Waals surface area contributed by atoms with Crippen molar-refractivity contribution in [2.24, 2.45) is 0 Å². The van der Waals surface area contributed by atoms with Crippen molar-refractivity contribution in [1.82, 2.24) is 5.32 Å². The van der Waals surface area contributed by atoms with E-state index in [0.29, 0.717) is 6.54 Å². The van der Waals surface area contributed by atoms with Gasteiger partial charge in [-0.15, -0.1) is 6.58 Å². The summed E-state index contributed by atoms with van der Waals surface area (Å²) in [6.45, 7) is 6.38. The van der Waals surface area contributed by atoms with E-state index in [4.69, 9.17) is 4.74 Å². The van der Waals surface area contributed by atoms with E-state index in [1.807, 2.05) is 11.8 Å². The molecule has 0 amide bonds. The number of carbonyl (C=O) groups is 1. The first-order valence-corrected chi connectivity index (χ1v) is 6.28. The van der Waals surface area contributed by atoms with Crippen LogP contribution in [0.2, 0.25) is 0 Å². The first kappa shape index (κ1) is 12.6. The maximum atomic E-state index is 11.9. The number of thioether (sulfide) groups is 1. The standard InChI is InChI=1S/C11H19NO2S/c1-4-7-12-11(10(13)14-3)6-5-8-15-9(11)2/h4,9,12H,1,5-8H2,2-3H3. The zero-order chi connectivity index (χ0) is 11.3. The molecule has 1 fully saturated rings. The molecule has 1 rings (SSSR count). The minimum Gasteiger partial charge on any atom is -0.468 e. The second-order valence-electron chi connectivity index (χ2n) is 3.75. The van der Waals surface area contributed by atoms with Crippen molar-refractivity contribution in [1.29, 1.82) is 0 Å². The van der Waals surface area contributed by atoms with Crippen LogP contribution in [0, 0.1) is 0 Å². The van der Waals surface area contributed by atoms with E-state index in [1.54, 1.807) is 6.08 Å². The average Bonchev–Trinajstić information content (AvgIpc) is 2.27. The van der Waals surface area contributed by atoms with Gasteiger partial charge in [0.05, 0.1) is 7.11 Å². The largest absolute Gasteiger partial charge is 0.468 e. The topological polar surface area (TPSA) is 38.3 Å². The van der Waals surface area contributed by atoms with Gasteiger partial charge in [0.1, 0.15) is 5.54 Å². The number of nitrogens with one attached hydrogen (secondary N) is 1. The number of hydrogen-bond donors (Lipinski definition) is 1. The molecule has 1 aliphatic heterocycles. The molecule has 0 aromatic carbocycles. The van der Waals surface area contributed by atoms with Crippen LogP contribution in [0.1, 0.15) is 19.8 Å². The van der Waals surface area contributed by atoms with Crippen LogP contribution in [0.4, 0.5) is 0 Å². The SMILES string of the molecule is C=CCNC1(C(=O)OC)CCCSC1C. The molecule has 3 nitrogen and oxygen atoms in total. The Kier molecular flexibility index (Phi) is 4.67. The molecular weight excluding hydrogens is 210 g/mol. The summed E-state index contributed by atoms with van der Waals surface area (Å²) < 4.78 is 4.91. The first-order valence-electron chi connectivity index (χ1n) is 5.23. The molecule has 1 N–H and O–H groups in total. The van der Waals surface area contributed by atoms with E-state index in [-0.39, 0.29) is 11.2 Å². The molecule has 0 bridgehead atoms. The van der Waals surface area contributed by atoms with Gasteiger partial charge in [-0.3, -0.25) is 10.1 Å². The molecule has 0 saturated carbocycles. The molecule has 15 heavy (non-hydrogen) atoms. The van der Waals surface area contributed by atoms with Gasteiger partial charge in [-0.25, -0.2) is 0 Å². The molecule has 4 heteroatoms. The molecule has 2 atom stereocenters. The molecule has 86 valence electrons. The third kappa shape index (κ3) is 2.55. The fourth-order valence-corrected chi connectivity index (χ4v) is 3.21. The molecule has 1 saturated heterocycles. The lowest BCUT2D eigenvalue weighted by atomic mass is 9.89. The second-order valence-corrected chi connectivity index (χ2v) is 5.20. The van der Waals surface area contributed by atoms with Crippen LogP contribution < -0.4 is 5.32 Å². The zero-order valence-electron chi connectivity index (χ0n) is 9.41. The summed E-state index contributed by atoms with van der Waals surface area (Å²) >= 11 is 1.82. The predicted molar refractivity (Wildman–Crippen MR) is 64.1 cm³/mol. The lowest BCUT2D eigenvalue weighted by molar-refractivity contribution is -0.149. The number of methoxy groups -OCH3 is 1. The average molecular weight is 229 g/mol. The van der Waals surface area contributed by atoms with E-state index < -0.39 is 5.54 Å². The molecule has 2 unspecified atom stereocenters. The Bertz CT molecular complexity index is 245. The van der Waals surface area contributed by atoms with E-state index in [2.05, 4.69) is 18.8 Å². The van der Waals surface area contributed by atoms with Gasteiger partial charge in [-0.1, -0.05) is 13.0 Å². The third-order valence-electron chi connectivity index (χ3n) is 2.89. The minimum absolute atomic E-state index is 0.149. The fourth-order valence-electron chi connectivity index (χ4n) is 1.97. The van der Waals surface area contributed by atoms with Crippen molar-refractivity contribution in [2.45, 2.75) is 30.6 Å². The Morgan fingerprint density at radius 1 is 1.80 bits per heavy atom. The Labute approximate surface area is 95.6 Å². The van der Waals surface area contributed by atoms with Crippen molar-refractivity contribution < 1.29 is 9.53 Å². The van der Waals surface area contributed by atoms with Gasteiger partial charge >= 0.3 is 5.97 Å². The number of esters is 1. The van der Waals surface area contributed by atoms with Gasteiger partial charge in [0.2, 0.25) is 0 Å². The van der Waals surface area contributed by atoms with Crippen LogP contribution in [0.3, 0.4) is 0 Å². The number of hydrogen-bond acceptors (Lipinski definition) is 4. The van der Waals surface area contributed by atoms with Crippen LogP contribution in [0.25, 0.3) is 0 Å². The summed E-state index contributed by atoms with van der Waals surface area (Å²) in [7, 11) is 1.45. The van der Waals surface area contributed by atoms with E-state index >= 15 is 0 Å². The zero-order valence-corrected chi connectivity index (χ0v) is 10.2. The summed E-state index contributed by atoms with van der Waals surface area (Å²) in [5, 5.41) is 3.52. The highest BCUT2D eigenvalue weighted by Crippen LogP contribution is 2.34. The highest BCUT2D eigenvalue weighted by atomic mass is 32.2.